The predicted octanol–water partition coefficient (Wildman–Crippen LogP) is 0.213. The maximum Gasteiger partial charge on any atom is 0.268 e. The van der Waals surface area contributed by atoms with E-state index < -0.39 is 5.91 Å². The molecule has 4 nitrogen and oxygen atoms in total. The number of nitrogens with zero attached hydrogens (tertiary/aromatic N) is 2. The quantitative estimate of drug-likeness (QED) is 0.440. The summed E-state index contributed by atoms with van der Waals surface area (Å²) in [6.07, 6.45) is 0.0607. The molecule has 0 aromatic heterocycles. The summed E-state index contributed by atoms with van der Waals surface area (Å²) in [4.78, 5) is 10.8. The molecule has 0 saturated heterocycles. The van der Waals surface area contributed by atoms with Gasteiger partial charge in [-0.05, 0) is 0 Å². The van der Waals surface area contributed by atoms with E-state index in [1.165, 1.54) is 21.2 Å². The van der Waals surface area contributed by atoms with Crippen LogP contribution in [0.2, 0.25) is 0 Å². The van der Waals surface area contributed by atoms with Crippen molar-refractivity contribution in [2.24, 2.45) is 0 Å². The Labute approximate surface area is 65.4 Å². The van der Waals surface area contributed by atoms with Gasteiger partial charge in [-0.1, -0.05) is 4.48 Å². The van der Waals surface area contributed by atoms with Gasteiger partial charge >= 0.3 is 0 Å². The summed E-state index contributed by atoms with van der Waals surface area (Å²) in [6.45, 7) is 0.243. The van der Waals surface area contributed by atoms with Gasteiger partial charge in [0.2, 0.25) is 0 Å². The highest BCUT2D eigenvalue weighted by Gasteiger charge is 2.13. The van der Waals surface area contributed by atoms with Gasteiger partial charge in [0.05, 0.1) is 13.0 Å². The summed E-state index contributed by atoms with van der Waals surface area (Å²) >= 11 is 0. The minimum atomic E-state index is -0.600. The average molecular weight is 164 g/mol. The summed E-state index contributed by atoms with van der Waals surface area (Å²) in [6, 6.07) is 0. The lowest BCUT2D eigenvalue weighted by Gasteiger charge is -2.17. The van der Waals surface area contributed by atoms with Gasteiger partial charge in [0.1, 0.15) is 0 Å². The number of hydrogen-bond acceptors (Lipinski definition) is 3. The van der Waals surface area contributed by atoms with E-state index in [0.717, 1.165) is 5.01 Å². The van der Waals surface area contributed by atoms with E-state index in [1.807, 2.05) is 0 Å². The Bertz CT molecular complexity index is 130. The van der Waals surface area contributed by atoms with Crippen LogP contribution in [0.1, 0.15) is 6.42 Å². The van der Waals surface area contributed by atoms with Crippen molar-refractivity contribution in [2.75, 3.05) is 27.8 Å². The molecule has 0 saturated carbocycles. The second-order valence-electron chi connectivity index (χ2n) is 2.24. The maximum atomic E-state index is 12.6. The normalized spacial score (nSPS) is 10.3. The number of hydrogen-bond donors (Lipinski definition) is 0. The second kappa shape index (κ2) is 5.03. The van der Waals surface area contributed by atoms with E-state index in [2.05, 4.69) is 4.74 Å². The fourth-order valence-corrected chi connectivity index (χ4v) is 0.505. The molecule has 0 heterocycles. The van der Waals surface area contributed by atoms with E-state index in [1.54, 1.807) is 0 Å². The summed E-state index contributed by atoms with van der Waals surface area (Å²) in [5.74, 6) is -0.600. The van der Waals surface area contributed by atoms with Gasteiger partial charge in [-0.15, -0.1) is 5.23 Å². The van der Waals surface area contributed by atoms with E-state index in [4.69, 9.17) is 0 Å². The van der Waals surface area contributed by atoms with Gasteiger partial charge in [0.25, 0.3) is 5.91 Å². The van der Waals surface area contributed by atoms with Gasteiger partial charge in [-0.2, -0.15) is 5.01 Å². The molecule has 66 valence electrons. The van der Waals surface area contributed by atoms with Gasteiger partial charge in [-0.3, -0.25) is 4.79 Å². The van der Waals surface area contributed by atoms with E-state index in [-0.39, 0.29) is 18.3 Å². The molecule has 0 aromatic rings. The first-order valence-corrected chi connectivity index (χ1v) is 3.24. The van der Waals surface area contributed by atoms with E-state index >= 15 is 0 Å². The highest BCUT2D eigenvalue weighted by molar-refractivity contribution is 5.74. The fraction of sp³-hybridized carbons (Fsp3) is 0.833. The minimum absolute atomic E-state index is 0.0546. The van der Waals surface area contributed by atoms with Gasteiger partial charge in [-0.25, -0.2) is 0 Å². The van der Waals surface area contributed by atoms with Crippen LogP contribution in [0.4, 0.5) is 4.48 Å². The number of carbonyl (C=O) groups is 1. The monoisotopic (exact) mass is 164 g/mol. The topological polar surface area (TPSA) is 32.8 Å². The van der Waals surface area contributed by atoms with Crippen LogP contribution >= 0.6 is 0 Å². The molecule has 0 fully saturated rings. The van der Waals surface area contributed by atoms with Gasteiger partial charge in [0.15, 0.2) is 0 Å². The Morgan fingerprint density at radius 3 is 2.45 bits per heavy atom. The lowest BCUT2D eigenvalue weighted by molar-refractivity contribution is -0.183. The van der Waals surface area contributed by atoms with Crippen LogP contribution < -0.4 is 0 Å². The summed E-state index contributed by atoms with van der Waals surface area (Å²) in [5.41, 5.74) is 0. The molecular weight excluding hydrogens is 151 g/mol. The number of halogens is 1. The summed E-state index contributed by atoms with van der Waals surface area (Å²) < 4.78 is 17.2. The molecule has 0 bridgehead atoms. The number of methoxy groups -OCH3 is 1. The third kappa shape index (κ3) is 3.90. The smallest absolute Gasteiger partial charge is 0.268 e. The van der Waals surface area contributed by atoms with Crippen LogP contribution in [0.25, 0.3) is 0 Å². The number of ether oxygens (including phenoxy) is 1. The molecule has 0 aliphatic carbocycles. The average Bonchev–Trinajstić information content (AvgIpc) is 1.98. The number of rotatable bonds is 4. The first-order chi connectivity index (χ1) is 5.09. The summed E-state index contributed by atoms with van der Waals surface area (Å²) in [5, 5.41) is 1.12. The second-order valence-corrected chi connectivity index (χ2v) is 2.24. The Morgan fingerprint density at radius 1 is 1.55 bits per heavy atom. The number of hydrazine groups is 1. The van der Waals surface area contributed by atoms with Crippen molar-refractivity contribution in [1.82, 2.24) is 10.2 Å². The lowest BCUT2D eigenvalue weighted by atomic mass is 10.4. The van der Waals surface area contributed by atoms with Crippen LogP contribution in [0, 0.1) is 0 Å². The third-order valence-electron chi connectivity index (χ3n) is 1.08. The molecule has 0 unspecified atom stereocenters. The molecule has 5 heteroatoms. The lowest BCUT2D eigenvalue weighted by Crippen LogP contribution is -2.35. The van der Waals surface area contributed by atoms with Crippen molar-refractivity contribution in [3.05, 3.63) is 0 Å². The zero-order valence-electron chi connectivity index (χ0n) is 7.00. The summed E-state index contributed by atoms with van der Waals surface area (Å²) in [7, 11) is 4.36. The molecule has 0 atom stereocenters. The van der Waals surface area contributed by atoms with Crippen LogP contribution in [0.15, 0.2) is 0 Å². The van der Waals surface area contributed by atoms with Gasteiger partial charge in [0, 0.05) is 21.2 Å². The Hall–Kier alpha value is -0.680. The molecule has 0 radical (unpaired) electrons. The Balaban J connectivity index is 3.64. The molecule has 11 heavy (non-hydrogen) atoms. The molecular formula is C6H13FN2O2. The number of amides is 1. The van der Waals surface area contributed by atoms with Crippen LogP contribution in [0.3, 0.4) is 0 Å². The molecule has 0 aliphatic rings. The molecule has 1 amide bonds. The Morgan fingerprint density at radius 2 is 2.09 bits per heavy atom. The van der Waals surface area contributed by atoms with Crippen molar-refractivity contribution in [2.45, 2.75) is 6.42 Å². The van der Waals surface area contributed by atoms with E-state index in [0.29, 0.717) is 0 Å². The zero-order valence-corrected chi connectivity index (χ0v) is 7.00. The largest absolute Gasteiger partial charge is 0.384 e. The van der Waals surface area contributed by atoms with Crippen molar-refractivity contribution in [3.8, 4) is 0 Å². The van der Waals surface area contributed by atoms with Crippen molar-refractivity contribution in [3.63, 3.8) is 0 Å². The van der Waals surface area contributed by atoms with Crippen LogP contribution in [0.5, 0.6) is 0 Å². The Kier molecular flexibility index (Phi) is 4.72. The molecule has 0 aliphatic heterocycles. The van der Waals surface area contributed by atoms with E-state index in [9.17, 15) is 9.28 Å². The van der Waals surface area contributed by atoms with Crippen LogP contribution in [-0.4, -0.2) is 44.0 Å². The van der Waals surface area contributed by atoms with Crippen molar-refractivity contribution < 1.29 is 14.0 Å². The maximum absolute atomic E-state index is 12.6. The number of carbonyl (C=O) groups excluding carboxylic acids is 1. The molecule has 0 spiro atoms. The van der Waals surface area contributed by atoms with Crippen molar-refractivity contribution >= 4 is 5.91 Å². The standard InChI is InChI=1S/C6H13FN2O2/c1-8(2)9(7)6(10)4-5-11-3/h4-5H2,1-3H3. The third-order valence-corrected chi connectivity index (χ3v) is 1.08. The molecule has 0 aromatic carbocycles. The van der Waals surface area contributed by atoms with Gasteiger partial charge < -0.3 is 4.74 Å². The zero-order chi connectivity index (χ0) is 8.85. The molecule has 0 rings (SSSR count). The SMILES string of the molecule is COCCC(=O)N(F)N(C)C. The first kappa shape index (κ1) is 10.3. The highest BCUT2D eigenvalue weighted by Crippen LogP contribution is 1.96. The fourth-order valence-electron chi connectivity index (χ4n) is 0.505. The molecule has 0 N–H and O–H groups in total. The first-order valence-electron chi connectivity index (χ1n) is 3.24. The predicted molar refractivity (Wildman–Crippen MR) is 38.1 cm³/mol. The highest BCUT2D eigenvalue weighted by atomic mass is 19.2. The minimum Gasteiger partial charge on any atom is -0.384 e. The van der Waals surface area contributed by atoms with Crippen molar-refractivity contribution in [1.29, 1.82) is 0 Å². The van der Waals surface area contributed by atoms with Crippen LogP contribution in [-0.2, 0) is 9.53 Å².